The molecule has 0 saturated carbocycles. The van der Waals surface area contributed by atoms with Crippen molar-refractivity contribution in [3.63, 3.8) is 0 Å². The van der Waals surface area contributed by atoms with Crippen molar-refractivity contribution >= 4 is 29.0 Å². The third-order valence-corrected chi connectivity index (χ3v) is 7.09. The topological polar surface area (TPSA) is 38.1 Å². The molecule has 3 heterocycles. The van der Waals surface area contributed by atoms with E-state index in [0.29, 0.717) is 24.3 Å². The van der Waals surface area contributed by atoms with Gasteiger partial charge in [-0.25, -0.2) is 4.98 Å². The highest BCUT2D eigenvalue weighted by atomic mass is 32.2. The summed E-state index contributed by atoms with van der Waals surface area (Å²) in [5, 5.41) is 1.68. The Morgan fingerprint density at radius 2 is 2.03 bits per heavy atom. The number of rotatable bonds is 5. The average Bonchev–Trinajstić information content (AvgIpc) is 3.33. The maximum absolute atomic E-state index is 13.3. The van der Waals surface area contributed by atoms with Crippen molar-refractivity contribution in [3.05, 3.63) is 58.4 Å². The van der Waals surface area contributed by atoms with Gasteiger partial charge < -0.3 is 9.47 Å². The maximum Gasteiger partial charge on any atom is 0.406 e. The molecule has 4 rings (SSSR count). The fourth-order valence-corrected chi connectivity index (χ4v) is 5.39. The molecule has 9 heteroatoms. The molecule has 4 nitrogen and oxygen atoms in total. The largest absolute Gasteiger partial charge is 0.406 e. The smallest absolute Gasteiger partial charge is 0.337 e. The molecule has 1 unspecified atom stereocenters. The molecule has 0 fully saturated rings. The van der Waals surface area contributed by atoms with Gasteiger partial charge in [-0.1, -0.05) is 42.1 Å². The molecule has 1 aliphatic rings. The summed E-state index contributed by atoms with van der Waals surface area (Å²) in [7, 11) is 0. The Balaban J connectivity index is 1.55. The summed E-state index contributed by atoms with van der Waals surface area (Å²) >= 11 is 2.77. The number of benzene rings is 1. The Kier molecular flexibility index (Phi) is 5.92. The second kappa shape index (κ2) is 8.47. The number of fused-ring (bicyclic) bond motifs is 1. The van der Waals surface area contributed by atoms with Crippen LogP contribution >= 0.6 is 23.1 Å². The number of thiophene rings is 1. The van der Waals surface area contributed by atoms with Gasteiger partial charge in [-0.05, 0) is 35.9 Å². The molecule has 0 saturated heterocycles. The van der Waals surface area contributed by atoms with Gasteiger partial charge in [0.2, 0.25) is 5.91 Å². The Hall–Kier alpha value is -2.26. The van der Waals surface area contributed by atoms with Crippen LogP contribution in [0.15, 0.2) is 53.1 Å². The maximum atomic E-state index is 13.3. The summed E-state index contributed by atoms with van der Waals surface area (Å²) in [6.07, 6.45) is -2.13. The van der Waals surface area contributed by atoms with Crippen LogP contribution in [-0.2, 0) is 24.3 Å². The second-order valence-electron chi connectivity index (χ2n) is 7.13. The van der Waals surface area contributed by atoms with E-state index in [1.165, 1.54) is 11.1 Å². The Labute approximate surface area is 180 Å². The predicted molar refractivity (Wildman–Crippen MR) is 112 cm³/mol. The lowest BCUT2D eigenvalue weighted by Crippen LogP contribution is -2.39. The minimum absolute atomic E-state index is 0.0836. The van der Waals surface area contributed by atoms with E-state index in [1.54, 1.807) is 47.4 Å². The van der Waals surface area contributed by atoms with Gasteiger partial charge in [0, 0.05) is 18.0 Å². The van der Waals surface area contributed by atoms with Crippen molar-refractivity contribution in [2.75, 3.05) is 6.54 Å². The van der Waals surface area contributed by atoms with Crippen LogP contribution in [0.25, 0.3) is 11.3 Å². The van der Waals surface area contributed by atoms with Crippen molar-refractivity contribution in [3.8, 4) is 11.3 Å². The van der Waals surface area contributed by atoms with Gasteiger partial charge in [-0.3, -0.25) is 4.79 Å². The van der Waals surface area contributed by atoms with Crippen molar-refractivity contribution in [2.24, 2.45) is 0 Å². The van der Waals surface area contributed by atoms with Crippen LogP contribution in [-0.4, -0.2) is 38.3 Å². The number of carbonyl (C=O) groups is 1. The zero-order chi connectivity index (χ0) is 21.3. The van der Waals surface area contributed by atoms with E-state index >= 15 is 0 Å². The number of hydrogen-bond acceptors (Lipinski definition) is 4. The average molecular weight is 452 g/mol. The third-order valence-electron chi connectivity index (χ3n) is 4.98. The Bertz CT molecular complexity index is 1030. The van der Waals surface area contributed by atoms with E-state index in [2.05, 4.69) is 4.98 Å². The first-order valence-electron chi connectivity index (χ1n) is 9.50. The van der Waals surface area contributed by atoms with Crippen molar-refractivity contribution in [2.45, 2.75) is 43.0 Å². The lowest BCUT2D eigenvalue weighted by Gasteiger charge is -2.29. The van der Waals surface area contributed by atoms with Gasteiger partial charge >= 0.3 is 6.18 Å². The molecule has 0 N–H and O–H groups in total. The monoisotopic (exact) mass is 451 g/mol. The fourth-order valence-electron chi connectivity index (χ4n) is 3.53. The van der Waals surface area contributed by atoms with Crippen LogP contribution in [0, 0.1) is 0 Å². The van der Waals surface area contributed by atoms with Gasteiger partial charge in [0.25, 0.3) is 0 Å². The molecule has 0 spiro atoms. The molecular weight excluding hydrogens is 431 g/mol. The number of nitrogens with zero attached hydrogens (tertiary/aromatic N) is 3. The highest BCUT2D eigenvalue weighted by Crippen LogP contribution is 2.33. The number of alkyl halides is 3. The molecule has 0 aliphatic carbocycles. The lowest BCUT2D eigenvalue weighted by molar-refractivity contribution is -0.141. The zero-order valence-corrected chi connectivity index (χ0v) is 17.9. The normalized spacial score (nSPS) is 15.1. The van der Waals surface area contributed by atoms with Crippen LogP contribution in [0.5, 0.6) is 0 Å². The summed E-state index contributed by atoms with van der Waals surface area (Å²) in [5.74, 6) is -0.0836. The molecule has 30 heavy (non-hydrogen) atoms. The minimum atomic E-state index is -4.39. The van der Waals surface area contributed by atoms with Crippen LogP contribution in [0.2, 0.25) is 0 Å². The van der Waals surface area contributed by atoms with E-state index in [9.17, 15) is 18.0 Å². The van der Waals surface area contributed by atoms with Gasteiger partial charge in [0.05, 0.1) is 17.1 Å². The number of amides is 1. The summed E-state index contributed by atoms with van der Waals surface area (Å²) in [5.41, 5.74) is 2.19. The van der Waals surface area contributed by atoms with E-state index < -0.39 is 18.0 Å². The van der Waals surface area contributed by atoms with Crippen molar-refractivity contribution in [1.82, 2.24) is 14.5 Å². The molecule has 1 aromatic carbocycles. The molecule has 3 aromatic rings. The standard InChI is InChI=1S/C21H20F3N3OS2/c1-14(19(28)26-9-7-18-16(12-26)8-10-29-18)30-20-25-11-17(15-5-3-2-4-6-15)27(20)13-21(22,23)24/h2-6,8,10-11,14H,7,9,12-13H2,1H3. The molecule has 158 valence electrons. The number of halogens is 3. The van der Waals surface area contributed by atoms with Crippen LogP contribution < -0.4 is 0 Å². The first-order chi connectivity index (χ1) is 14.3. The van der Waals surface area contributed by atoms with Gasteiger partial charge in [0.15, 0.2) is 5.16 Å². The molecule has 1 atom stereocenters. The first kappa shape index (κ1) is 21.0. The molecule has 0 radical (unpaired) electrons. The number of hydrogen-bond donors (Lipinski definition) is 0. The SMILES string of the molecule is CC(Sc1ncc(-c2ccccc2)n1CC(F)(F)F)C(=O)N1CCc2sccc2C1. The van der Waals surface area contributed by atoms with Crippen molar-refractivity contribution in [1.29, 1.82) is 0 Å². The quantitative estimate of drug-likeness (QED) is 0.498. The molecular formula is C21H20F3N3OS2. The number of carbonyl (C=O) groups excluding carboxylic acids is 1. The van der Waals surface area contributed by atoms with E-state index in [0.717, 1.165) is 28.3 Å². The molecule has 1 amide bonds. The first-order valence-corrected chi connectivity index (χ1v) is 11.3. The van der Waals surface area contributed by atoms with Gasteiger partial charge in [-0.15, -0.1) is 11.3 Å². The second-order valence-corrected chi connectivity index (χ2v) is 9.44. The number of imidazole rings is 1. The lowest BCUT2D eigenvalue weighted by atomic mass is 10.1. The summed E-state index contributed by atoms with van der Waals surface area (Å²) in [4.78, 5) is 20.3. The summed E-state index contributed by atoms with van der Waals surface area (Å²) < 4.78 is 40.9. The highest BCUT2D eigenvalue weighted by molar-refractivity contribution is 8.00. The van der Waals surface area contributed by atoms with Crippen molar-refractivity contribution < 1.29 is 18.0 Å². The Morgan fingerprint density at radius 1 is 1.27 bits per heavy atom. The molecule has 1 aliphatic heterocycles. The van der Waals surface area contributed by atoms with Crippen LogP contribution in [0.1, 0.15) is 17.4 Å². The van der Waals surface area contributed by atoms with E-state index in [1.807, 2.05) is 17.5 Å². The fraction of sp³-hybridized carbons (Fsp3) is 0.333. The number of aromatic nitrogens is 2. The minimum Gasteiger partial charge on any atom is -0.337 e. The summed E-state index contributed by atoms with van der Waals surface area (Å²) in [6.45, 7) is 1.76. The summed E-state index contributed by atoms with van der Waals surface area (Å²) in [6, 6.07) is 10.9. The van der Waals surface area contributed by atoms with Crippen LogP contribution in [0.4, 0.5) is 13.2 Å². The number of thioether (sulfide) groups is 1. The Morgan fingerprint density at radius 3 is 2.77 bits per heavy atom. The van der Waals surface area contributed by atoms with Gasteiger partial charge in [-0.2, -0.15) is 13.2 Å². The third kappa shape index (κ3) is 4.57. The zero-order valence-electron chi connectivity index (χ0n) is 16.2. The highest BCUT2D eigenvalue weighted by Gasteiger charge is 2.32. The predicted octanol–water partition coefficient (Wildman–Crippen LogP) is 5.24. The van der Waals surface area contributed by atoms with E-state index in [4.69, 9.17) is 0 Å². The molecule has 2 aromatic heterocycles. The van der Waals surface area contributed by atoms with Crippen LogP contribution in [0.3, 0.4) is 0 Å². The van der Waals surface area contributed by atoms with E-state index in [-0.39, 0.29) is 11.1 Å². The molecule has 0 bridgehead atoms. The van der Waals surface area contributed by atoms with Gasteiger partial charge in [0.1, 0.15) is 6.54 Å².